The van der Waals surface area contributed by atoms with Crippen LogP contribution >= 0.6 is 11.8 Å². The Morgan fingerprint density at radius 1 is 1.20 bits per heavy atom. The second-order valence-corrected chi connectivity index (χ2v) is 7.40. The minimum Gasteiger partial charge on any atom is -0.351 e. The van der Waals surface area contributed by atoms with Crippen LogP contribution in [0.3, 0.4) is 0 Å². The first-order valence-corrected chi connectivity index (χ1v) is 9.87. The predicted molar refractivity (Wildman–Crippen MR) is 103 cm³/mol. The number of hydrogen-bond donors (Lipinski definition) is 1. The van der Waals surface area contributed by atoms with Crippen molar-refractivity contribution in [3.8, 4) is 0 Å². The van der Waals surface area contributed by atoms with Gasteiger partial charge < -0.3 is 10.2 Å². The molecule has 1 saturated heterocycles. The van der Waals surface area contributed by atoms with Gasteiger partial charge in [-0.25, -0.2) is 4.98 Å². The third kappa shape index (κ3) is 6.18. The third-order valence-corrected chi connectivity index (χ3v) is 5.36. The monoisotopic (exact) mass is 355 g/mol. The first-order chi connectivity index (χ1) is 12.3. The van der Waals surface area contributed by atoms with E-state index >= 15 is 0 Å². The third-order valence-electron chi connectivity index (χ3n) is 4.42. The van der Waals surface area contributed by atoms with E-state index < -0.39 is 0 Å². The quantitative estimate of drug-likeness (QED) is 0.776. The Morgan fingerprint density at radius 2 is 2.04 bits per heavy atom. The molecule has 1 atom stereocenters. The van der Waals surface area contributed by atoms with E-state index in [2.05, 4.69) is 45.5 Å². The summed E-state index contributed by atoms with van der Waals surface area (Å²) in [7, 11) is 0. The molecule has 5 heteroatoms. The van der Waals surface area contributed by atoms with Crippen molar-refractivity contribution in [2.24, 2.45) is 0 Å². The van der Waals surface area contributed by atoms with Crippen molar-refractivity contribution < 1.29 is 4.79 Å². The molecule has 0 bridgehead atoms. The van der Waals surface area contributed by atoms with Crippen LogP contribution in [-0.4, -0.2) is 47.2 Å². The number of aromatic nitrogens is 1. The van der Waals surface area contributed by atoms with Crippen molar-refractivity contribution in [1.82, 2.24) is 15.2 Å². The molecular formula is C20H25N3OS. The van der Waals surface area contributed by atoms with Gasteiger partial charge in [-0.05, 0) is 43.5 Å². The van der Waals surface area contributed by atoms with Crippen molar-refractivity contribution in [3.63, 3.8) is 0 Å². The molecule has 1 aliphatic heterocycles. The number of rotatable bonds is 7. The van der Waals surface area contributed by atoms with Gasteiger partial charge in [-0.15, -0.1) is 0 Å². The number of carbonyl (C=O) groups excluding carboxylic acids is 1. The zero-order chi connectivity index (χ0) is 17.3. The molecule has 1 amide bonds. The summed E-state index contributed by atoms with van der Waals surface area (Å²) >= 11 is 1.49. The molecule has 0 spiro atoms. The summed E-state index contributed by atoms with van der Waals surface area (Å²) in [6, 6.07) is 16.6. The lowest BCUT2D eigenvalue weighted by molar-refractivity contribution is -0.119. The zero-order valence-corrected chi connectivity index (χ0v) is 15.3. The smallest absolute Gasteiger partial charge is 0.230 e. The molecule has 25 heavy (non-hydrogen) atoms. The van der Waals surface area contributed by atoms with Gasteiger partial charge in [0.05, 0.1) is 10.8 Å². The average Bonchev–Trinajstić information content (AvgIpc) is 2.67. The van der Waals surface area contributed by atoms with E-state index in [1.165, 1.54) is 17.3 Å². The summed E-state index contributed by atoms with van der Waals surface area (Å²) in [5.74, 6) is 0.530. The molecule has 1 fully saturated rings. The van der Waals surface area contributed by atoms with E-state index in [0.717, 1.165) is 43.9 Å². The zero-order valence-electron chi connectivity index (χ0n) is 14.4. The van der Waals surface area contributed by atoms with Crippen LogP contribution in [0, 0.1) is 0 Å². The summed E-state index contributed by atoms with van der Waals surface area (Å²) in [5.41, 5.74) is 1.38. The highest BCUT2D eigenvalue weighted by atomic mass is 32.2. The highest BCUT2D eigenvalue weighted by Gasteiger charge is 2.21. The summed E-state index contributed by atoms with van der Waals surface area (Å²) in [6.07, 6.45) is 5.04. The molecule has 4 nitrogen and oxygen atoms in total. The van der Waals surface area contributed by atoms with Gasteiger partial charge in [-0.2, -0.15) is 0 Å². The van der Waals surface area contributed by atoms with Crippen LogP contribution in [0.1, 0.15) is 18.4 Å². The lowest BCUT2D eigenvalue weighted by atomic mass is 10.0. The molecule has 1 N–H and O–H groups in total. The first kappa shape index (κ1) is 18.0. The summed E-state index contributed by atoms with van der Waals surface area (Å²) < 4.78 is 0. The number of piperidine rings is 1. The van der Waals surface area contributed by atoms with Crippen molar-refractivity contribution in [3.05, 3.63) is 60.3 Å². The number of carbonyl (C=O) groups is 1. The molecule has 3 rings (SSSR count). The minimum atomic E-state index is 0.102. The molecule has 0 saturated carbocycles. The van der Waals surface area contributed by atoms with Gasteiger partial charge in [0.1, 0.15) is 0 Å². The SMILES string of the molecule is O=C(CSc1ccccn1)N[C@@H]1CCCN(CCc2ccccc2)C1. The van der Waals surface area contributed by atoms with E-state index in [9.17, 15) is 4.79 Å². The van der Waals surface area contributed by atoms with Crippen LogP contribution in [0.15, 0.2) is 59.8 Å². The minimum absolute atomic E-state index is 0.102. The number of amides is 1. The van der Waals surface area contributed by atoms with Crippen molar-refractivity contribution in [1.29, 1.82) is 0 Å². The number of likely N-dealkylation sites (tertiary alicyclic amines) is 1. The number of thioether (sulfide) groups is 1. The fourth-order valence-electron chi connectivity index (χ4n) is 3.15. The molecule has 2 heterocycles. The largest absolute Gasteiger partial charge is 0.351 e. The Kier molecular flexibility index (Phi) is 6.89. The molecule has 132 valence electrons. The Bertz CT molecular complexity index is 651. The number of pyridine rings is 1. The maximum Gasteiger partial charge on any atom is 0.230 e. The van der Waals surface area contributed by atoms with Crippen LogP contribution in [0.5, 0.6) is 0 Å². The molecule has 1 aliphatic rings. The number of nitrogens with zero attached hydrogens (tertiary/aromatic N) is 2. The highest BCUT2D eigenvalue weighted by Crippen LogP contribution is 2.15. The standard InChI is InChI=1S/C20H25N3OS/c24-19(16-25-20-10-4-5-12-21-20)22-18-9-6-13-23(15-18)14-11-17-7-2-1-3-8-17/h1-5,7-8,10,12,18H,6,9,11,13-16H2,(H,22,24)/t18-/m1/s1. The molecule has 0 aliphatic carbocycles. The Hall–Kier alpha value is -1.85. The Labute approximate surface area is 154 Å². The molecular weight excluding hydrogens is 330 g/mol. The molecule has 1 aromatic heterocycles. The van der Waals surface area contributed by atoms with Crippen LogP contribution in [-0.2, 0) is 11.2 Å². The lowest BCUT2D eigenvalue weighted by Crippen LogP contribution is -2.48. The van der Waals surface area contributed by atoms with E-state index in [1.54, 1.807) is 6.20 Å². The molecule has 0 radical (unpaired) electrons. The van der Waals surface area contributed by atoms with Crippen LogP contribution in [0.25, 0.3) is 0 Å². The van der Waals surface area contributed by atoms with Gasteiger partial charge in [0.25, 0.3) is 0 Å². The first-order valence-electron chi connectivity index (χ1n) is 8.89. The van der Waals surface area contributed by atoms with Crippen molar-refractivity contribution in [2.75, 3.05) is 25.4 Å². The van der Waals surface area contributed by atoms with Gasteiger partial charge in [0.15, 0.2) is 0 Å². The van der Waals surface area contributed by atoms with E-state index in [-0.39, 0.29) is 11.9 Å². The Balaban J connectivity index is 1.39. The van der Waals surface area contributed by atoms with E-state index in [0.29, 0.717) is 5.75 Å². The molecule has 2 aromatic rings. The predicted octanol–water partition coefficient (Wildman–Crippen LogP) is 3.00. The van der Waals surface area contributed by atoms with Gasteiger partial charge in [0.2, 0.25) is 5.91 Å². The second kappa shape index (κ2) is 9.59. The maximum atomic E-state index is 12.2. The van der Waals surface area contributed by atoms with Gasteiger partial charge in [0, 0.05) is 25.3 Å². The van der Waals surface area contributed by atoms with Crippen LogP contribution in [0.4, 0.5) is 0 Å². The molecule has 1 aromatic carbocycles. The van der Waals surface area contributed by atoms with Crippen molar-refractivity contribution in [2.45, 2.75) is 30.3 Å². The van der Waals surface area contributed by atoms with E-state index in [4.69, 9.17) is 0 Å². The van der Waals surface area contributed by atoms with Crippen molar-refractivity contribution >= 4 is 17.7 Å². The summed E-state index contributed by atoms with van der Waals surface area (Å²) in [4.78, 5) is 18.9. The highest BCUT2D eigenvalue weighted by molar-refractivity contribution is 7.99. The fourth-order valence-corrected chi connectivity index (χ4v) is 3.82. The van der Waals surface area contributed by atoms with Gasteiger partial charge in [-0.3, -0.25) is 4.79 Å². The topological polar surface area (TPSA) is 45.2 Å². The van der Waals surface area contributed by atoms with E-state index in [1.807, 2.05) is 18.2 Å². The lowest BCUT2D eigenvalue weighted by Gasteiger charge is -2.33. The summed E-state index contributed by atoms with van der Waals surface area (Å²) in [5, 5.41) is 4.08. The average molecular weight is 356 g/mol. The van der Waals surface area contributed by atoms with Gasteiger partial charge in [-0.1, -0.05) is 48.2 Å². The van der Waals surface area contributed by atoms with Crippen LogP contribution < -0.4 is 5.32 Å². The fraction of sp³-hybridized carbons (Fsp3) is 0.400. The number of nitrogens with one attached hydrogen (secondary N) is 1. The summed E-state index contributed by atoms with van der Waals surface area (Å²) in [6.45, 7) is 3.13. The maximum absolute atomic E-state index is 12.2. The van der Waals surface area contributed by atoms with Gasteiger partial charge >= 0.3 is 0 Å². The second-order valence-electron chi connectivity index (χ2n) is 6.40. The number of benzene rings is 1. The van der Waals surface area contributed by atoms with Crippen LogP contribution in [0.2, 0.25) is 0 Å². The number of hydrogen-bond acceptors (Lipinski definition) is 4. The molecule has 0 unspecified atom stereocenters. The Morgan fingerprint density at radius 3 is 2.84 bits per heavy atom. The normalized spacial score (nSPS) is 18.0.